The fraction of sp³-hybridized carbons (Fsp3) is 0.273. The molecule has 0 bridgehead atoms. The maximum Gasteiger partial charge on any atom is 0.313 e. The molecule has 2 N–H and O–H groups in total. The minimum absolute atomic E-state index is 0.145. The smallest absolute Gasteiger partial charge is 0.313 e. The van der Waals surface area contributed by atoms with E-state index in [1.165, 1.54) is 24.3 Å². The molecule has 16 heavy (non-hydrogen) atoms. The van der Waals surface area contributed by atoms with Gasteiger partial charge >= 0.3 is 11.8 Å². The van der Waals surface area contributed by atoms with Gasteiger partial charge in [0.05, 0.1) is 0 Å². The van der Waals surface area contributed by atoms with Gasteiger partial charge in [0.2, 0.25) is 0 Å². The van der Waals surface area contributed by atoms with Crippen molar-refractivity contribution in [3.8, 4) is 0 Å². The molecule has 1 aromatic rings. The number of hydrogen-bond donors (Lipinski definition) is 2. The van der Waals surface area contributed by atoms with Crippen LogP contribution >= 0.6 is 0 Å². The Morgan fingerprint density at radius 3 is 2.31 bits per heavy atom. The summed E-state index contributed by atoms with van der Waals surface area (Å²) in [6.07, 6.45) is 1.85. The van der Waals surface area contributed by atoms with Crippen molar-refractivity contribution in [1.29, 1.82) is 0 Å². The monoisotopic (exact) mass is 222 g/mol. The molecule has 0 spiro atoms. The molecule has 0 heterocycles. The van der Waals surface area contributed by atoms with E-state index in [1.807, 2.05) is 0 Å². The maximum atomic E-state index is 12.6. The molecule has 1 aliphatic rings. The van der Waals surface area contributed by atoms with E-state index in [0.717, 1.165) is 12.8 Å². The second kappa shape index (κ2) is 4.30. The van der Waals surface area contributed by atoms with E-state index in [9.17, 15) is 14.0 Å². The van der Waals surface area contributed by atoms with Gasteiger partial charge in [-0.15, -0.1) is 0 Å². The van der Waals surface area contributed by atoms with Crippen molar-refractivity contribution in [3.63, 3.8) is 0 Å². The summed E-state index contributed by atoms with van der Waals surface area (Å²) >= 11 is 0. The van der Waals surface area contributed by atoms with Gasteiger partial charge in [-0.25, -0.2) is 4.39 Å². The average molecular weight is 222 g/mol. The highest BCUT2D eigenvalue weighted by Gasteiger charge is 2.26. The highest BCUT2D eigenvalue weighted by Crippen LogP contribution is 2.18. The Balaban J connectivity index is 1.90. The van der Waals surface area contributed by atoms with Crippen molar-refractivity contribution < 1.29 is 14.0 Å². The summed E-state index contributed by atoms with van der Waals surface area (Å²) < 4.78 is 12.6. The first-order valence-electron chi connectivity index (χ1n) is 5.02. The van der Waals surface area contributed by atoms with Crippen LogP contribution in [0.25, 0.3) is 0 Å². The van der Waals surface area contributed by atoms with Crippen molar-refractivity contribution in [2.24, 2.45) is 0 Å². The first kappa shape index (κ1) is 10.6. The first-order chi connectivity index (χ1) is 7.65. The van der Waals surface area contributed by atoms with Crippen molar-refractivity contribution >= 4 is 17.5 Å². The Morgan fingerprint density at radius 2 is 1.75 bits per heavy atom. The molecule has 4 nitrogen and oxygen atoms in total. The van der Waals surface area contributed by atoms with E-state index >= 15 is 0 Å². The third-order valence-electron chi connectivity index (χ3n) is 2.22. The number of hydrogen-bond acceptors (Lipinski definition) is 2. The Kier molecular flexibility index (Phi) is 2.85. The lowest BCUT2D eigenvalue weighted by Gasteiger charge is -2.05. The Morgan fingerprint density at radius 1 is 1.12 bits per heavy atom. The van der Waals surface area contributed by atoms with Gasteiger partial charge in [-0.3, -0.25) is 9.59 Å². The van der Waals surface area contributed by atoms with Gasteiger partial charge in [0, 0.05) is 11.7 Å². The van der Waals surface area contributed by atoms with E-state index in [-0.39, 0.29) is 11.9 Å². The highest BCUT2D eigenvalue weighted by molar-refractivity contribution is 6.39. The molecular weight excluding hydrogens is 211 g/mol. The fourth-order valence-electron chi connectivity index (χ4n) is 1.20. The predicted molar refractivity (Wildman–Crippen MR) is 56.2 cm³/mol. The number of nitrogens with one attached hydrogen (secondary N) is 2. The van der Waals surface area contributed by atoms with Crippen LogP contribution in [0.15, 0.2) is 24.3 Å². The number of carbonyl (C=O) groups excluding carboxylic acids is 2. The molecule has 0 radical (unpaired) electrons. The van der Waals surface area contributed by atoms with Gasteiger partial charge in [0.25, 0.3) is 0 Å². The summed E-state index contributed by atoms with van der Waals surface area (Å²) in [7, 11) is 0. The van der Waals surface area contributed by atoms with Gasteiger partial charge in [-0.1, -0.05) is 0 Å². The number of rotatable bonds is 2. The minimum atomic E-state index is -0.724. The Labute approximate surface area is 91.8 Å². The molecule has 0 atom stereocenters. The molecule has 1 aliphatic carbocycles. The Hall–Kier alpha value is -1.91. The van der Waals surface area contributed by atoms with Gasteiger partial charge in [-0.2, -0.15) is 0 Å². The van der Waals surface area contributed by atoms with Crippen LogP contribution in [-0.2, 0) is 9.59 Å². The van der Waals surface area contributed by atoms with Crippen molar-refractivity contribution in [3.05, 3.63) is 30.1 Å². The van der Waals surface area contributed by atoms with Crippen LogP contribution in [0.5, 0.6) is 0 Å². The van der Waals surface area contributed by atoms with Gasteiger partial charge < -0.3 is 10.6 Å². The Bertz CT molecular complexity index is 412. The number of benzene rings is 1. The zero-order chi connectivity index (χ0) is 11.5. The largest absolute Gasteiger partial charge is 0.345 e. The van der Waals surface area contributed by atoms with Crippen LogP contribution < -0.4 is 10.6 Å². The number of halogens is 1. The molecule has 0 aromatic heterocycles. The van der Waals surface area contributed by atoms with Crippen molar-refractivity contribution in [1.82, 2.24) is 5.32 Å². The van der Waals surface area contributed by atoms with E-state index in [2.05, 4.69) is 10.6 Å². The number of carbonyl (C=O) groups is 2. The van der Waals surface area contributed by atoms with E-state index in [1.54, 1.807) is 0 Å². The van der Waals surface area contributed by atoms with Gasteiger partial charge in [-0.05, 0) is 37.1 Å². The second-order valence-corrected chi connectivity index (χ2v) is 3.71. The molecule has 2 rings (SSSR count). The van der Waals surface area contributed by atoms with E-state index in [4.69, 9.17) is 0 Å². The van der Waals surface area contributed by atoms with Crippen LogP contribution in [0.4, 0.5) is 10.1 Å². The van der Waals surface area contributed by atoms with Crippen LogP contribution in [0.1, 0.15) is 12.8 Å². The molecule has 5 heteroatoms. The molecule has 1 saturated carbocycles. The molecule has 1 fully saturated rings. The van der Waals surface area contributed by atoms with Crippen LogP contribution in [-0.4, -0.2) is 17.9 Å². The summed E-state index contributed by atoms with van der Waals surface area (Å²) in [6, 6.07) is 5.38. The molecule has 0 saturated heterocycles. The standard InChI is InChI=1S/C11H11FN2O2/c12-7-1-3-8(4-2-7)13-10(15)11(16)14-9-5-6-9/h1-4,9H,5-6H2,(H,13,15)(H,14,16). The highest BCUT2D eigenvalue weighted by atomic mass is 19.1. The molecule has 2 amide bonds. The maximum absolute atomic E-state index is 12.6. The van der Waals surface area contributed by atoms with Crippen molar-refractivity contribution in [2.45, 2.75) is 18.9 Å². The summed E-state index contributed by atoms with van der Waals surface area (Å²) in [5, 5.41) is 4.94. The summed E-state index contributed by atoms with van der Waals surface area (Å²) in [4.78, 5) is 22.6. The molecule has 84 valence electrons. The number of amides is 2. The summed E-state index contributed by atoms with van der Waals surface area (Å²) in [5.41, 5.74) is 0.400. The quantitative estimate of drug-likeness (QED) is 0.734. The average Bonchev–Trinajstić information content (AvgIpc) is 3.05. The minimum Gasteiger partial charge on any atom is -0.345 e. The normalized spacial score (nSPS) is 14.3. The van der Waals surface area contributed by atoms with Crippen LogP contribution in [0.2, 0.25) is 0 Å². The molecule has 1 aromatic carbocycles. The third-order valence-corrected chi connectivity index (χ3v) is 2.22. The molecule has 0 aliphatic heterocycles. The topological polar surface area (TPSA) is 58.2 Å². The lowest BCUT2D eigenvalue weighted by atomic mass is 10.3. The lowest BCUT2D eigenvalue weighted by Crippen LogP contribution is -2.36. The zero-order valence-corrected chi connectivity index (χ0v) is 8.50. The van der Waals surface area contributed by atoms with Gasteiger partial charge in [0.15, 0.2) is 0 Å². The molecule has 0 unspecified atom stereocenters. The number of anilines is 1. The van der Waals surface area contributed by atoms with Crippen LogP contribution in [0.3, 0.4) is 0 Å². The zero-order valence-electron chi connectivity index (χ0n) is 8.50. The predicted octanol–water partition coefficient (Wildman–Crippen LogP) is 1.04. The van der Waals surface area contributed by atoms with E-state index < -0.39 is 11.8 Å². The van der Waals surface area contributed by atoms with E-state index in [0.29, 0.717) is 5.69 Å². The molecular formula is C11H11FN2O2. The third kappa shape index (κ3) is 2.79. The SMILES string of the molecule is O=C(Nc1ccc(F)cc1)C(=O)NC1CC1. The first-order valence-corrected chi connectivity index (χ1v) is 5.02. The second-order valence-electron chi connectivity index (χ2n) is 3.71. The van der Waals surface area contributed by atoms with Crippen molar-refractivity contribution in [2.75, 3.05) is 5.32 Å². The summed E-state index contributed by atoms with van der Waals surface area (Å²) in [6.45, 7) is 0. The van der Waals surface area contributed by atoms with Gasteiger partial charge in [0.1, 0.15) is 5.82 Å². The lowest BCUT2D eigenvalue weighted by molar-refractivity contribution is -0.136. The van der Waals surface area contributed by atoms with Crippen LogP contribution in [0, 0.1) is 5.82 Å². The summed E-state index contributed by atoms with van der Waals surface area (Å²) in [5.74, 6) is -1.76. The fourth-order valence-corrected chi connectivity index (χ4v) is 1.20.